The third-order valence-corrected chi connectivity index (χ3v) is 5.60. The van der Waals surface area contributed by atoms with E-state index >= 15 is 0 Å². The van der Waals surface area contributed by atoms with Gasteiger partial charge in [-0.1, -0.05) is 23.7 Å². The van der Waals surface area contributed by atoms with E-state index in [4.69, 9.17) is 16.6 Å². The Hall–Kier alpha value is -2.32. The first-order valence-electron chi connectivity index (χ1n) is 9.04. The molecule has 2 saturated heterocycles. The standard InChI is InChI=1S/C18H23ClN6O2/c1-22-6-8-24(9-7-22)17-20-15-14(16(26)21-18(27)23(15)2)25(17)11-12-4-3-5-13(19)10-12/h3-5,10,14-15H,6-9,11H2,1-2H3,(H,21,26,27). The molecule has 0 bridgehead atoms. The number of guanidine groups is 1. The number of carbonyl (C=O) groups excluding carboxylic acids is 2. The fourth-order valence-corrected chi connectivity index (χ4v) is 4.00. The van der Waals surface area contributed by atoms with Gasteiger partial charge in [-0.2, -0.15) is 0 Å². The summed E-state index contributed by atoms with van der Waals surface area (Å²) in [6.07, 6.45) is -0.514. The Morgan fingerprint density at radius 2 is 1.93 bits per heavy atom. The number of urea groups is 1. The lowest BCUT2D eigenvalue weighted by Crippen LogP contribution is -2.64. The van der Waals surface area contributed by atoms with E-state index in [0.717, 1.165) is 37.7 Å². The quantitative estimate of drug-likeness (QED) is 0.802. The Kier molecular flexibility index (Phi) is 4.69. The number of piperazine rings is 1. The molecule has 27 heavy (non-hydrogen) atoms. The van der Waals surface area contributed by atoms with Crippen molar-refractivity contribution >= 4 is 29.5 Å². The van der Waals surface area contributed by atoms with E-state index in [9.17, 15) is 9.59 Å². The molecule has 3 aliphatic heterocycles. The highest BCUT2D eigenvalue weighted by Crippen LogP contribution is 2.28. The Bertz CT molecular complexity index is 792. The van der Waals surface area contributed by atoms with Crippen LogP contribution in [0, 0.1) is 0 Å². The number of likely N-dealkylation sites (N-methyl/N-ethyl adjacent to an activating group) is 2. The van der Waals surface area contributed by atoms with E-state index < -0.39 is 18.2 Å². The van der Waals surface area contributed by atoms with Crippen LogP contribution < -0.4 is 5.32 Å². The van der Waals surface area contributed by atoms with E-state index in [2.05, 4.69) is 22.2 Å². The van der Waals surface area contributed by atoms with Gasteiger partial charge in [0.05, 0.1) is 0 Å². The van der Waals surface area contributed by atoms with Crippen LogP contribution >= 0.6 is 11.6 Å². The number of amides is 3. The van der Waals surface area contributed by atoms with E-state index in [1.165, 1.54) is 4.90 Å². The molecule has 2 atom stereocenters. The van der Waals surface area contributed by atoms with Crippen LogP contribution in [0.5, 0.6) is 0 Å². The summed E-state index contributed by atoms with van der Waals surface area (Å²) in [6, 6.07) is 6.65. The predicted molar refractivity (Wildman–Crippen MR) is 102 cm³/mol. The third-order valence-electron chi connectivity index (χ3n) is 5.37. The summed E-state index contributed by atoms with van der Waals surface area (Å²) in [5.74, 6) is 0.466. The van der Waals surface area contributed by atoms with Gasteiger partial charge in [-0.15, -0.1) is 0 Å². The summed E-state index contributed by atoms with van der Waals surface area (Å²) in [4.78, 5) is 37.5. The number of nitrogens with zero attached hydrogens (tertiary/aromatic N) is 5. The molecular weight excluding hydrogens is 368 g/mol. The van der Waals surface area contributed by atoms with E-state index in [1.807, 2.05) is 29.2 Å². The molecule has 4 rings (SSSR count). The summed E-state index contributed by atoms with van der Waals surface area (Å²) in [5, 5.41) is 3.09. The molecule has 0 aromatic heterocycles. The van der Waals surface area contributed by atoms with Gasteiger partial charge in [-0.3, -0.25) is 10.1 Å². The van der Waals surface area contributed by atoms with Crippen molar-refractivity contribution in [2.75, 3.05) is 40.3 Å². The highest BCUT2D eigenvalue weighted by Gasteiger charge is 2.49. The molecule has 1 aromatic carbocycles. The molecule has 0 radical (unpaired) electrons. The number of carbonyl (C=O) groups is 2. The van der Waals surface area contributed by atoms with Crippen LogP contribution in [0.4, 0.5) is 4.79 Å². The number of hydrogen-bond acceptors (Lipinski definition) is 6. The maximum atomic E-state index is 12.7. The van der Waals surface area contributed by atoms with Gasteiger partial charge < -0.3 is 19.6 Å². The molecule has 1 aromatic rings. The molecule has 8 nitrogen and oxygen atoms in total. The van der Waals surface area contributed by atoms with Crippen molar-refractivity contribution in [2.24, 2.45) is 4.99 Å². The van der Waals surface area contributed by atoms with Gasteiger partial charge in [0.1, 0.15) is 0 Å². The number of fused-ring (bicyclic) bond motifs is 1. The summed E-state index contributed by atoms with van der Waals surface area (Å²) in [7, 11) is 3.77. The number of halogens is 1. The van der Waals surface area contributed by atoms with Crippen molar-refractivity contribution in [2.45, 2.75) is 18.8 Å². The first kappa shape index (κ1) is 18.1. The minimum Gasteiger partial charge on any atom is -0.340 e. The van der Waals surface area contributed by atoms with Crippen LogP contribution in [-0.4, -0.2) is 90.0 Å². The molecule has 0 saturated carbocycles. The minimum absolute atomic E-state index is 0.307. The lowest BCUT2D eigenvalue weighted by molar-refractivity contribution is -0.127. The van der Waals surface area contributed by atoms with Gasteiger partial charge in [0.2, 0.25) is 0 Å². The topological polar surface area (TPSA) is 71.5 Å². The van der Waals surface area contributed by atoms with Crippen molar-refractivity contribution in [1.29, 1.82) is 0 Å². The Morgan fingerprint density at radius 1 is 1.19 bits per heavy atom. The second kappa shape index (κ2) is 7.01. The highest BCUT2D eigenvalue weighted by molar-refractivity contribution is 6.30. The van der Waals surface area contributed by atoms with Crippen molar-refractivity contribution in [3.8, 4) is 0 Å². The first-order valence-corrected chi connectivity index (χ1v) is 9.42. The fraction of sp³-hybridized carbons (Fsp3) is 0.500. The van der Waals surface area contributed by atoms with Gasteiger partial charge in [-0.05, 0) is 24.7 Å². The smallest absolute Gasteiger partial charge is 0.325 e. The van der Waals surface area contributed by atoms with Crippen LogP contribution in [-0.2, 0) is 11.3 Å². The average molecular weight is 391 g/mol. The minimum atomic E-state index is -0.540. The summed E-state index contributed by atoms with van der Waals surface area (Å²) >= 11 is 6.14. The van der Waals surface area contributed by atoms with Crippen molar-refractivity contribution < 1.29 is 9.59 Å². The van der Waals surface area contributed by atoms with Gasteiger partial charge in [0.25, 0.3) is 5.91 Å². The zero-order chi connectivity index (χ0) is 19.1. The number of nitrogens with one attached hydrogen (secondary N) is 1. The lowest BCUT2D eigenvalue weighted by atomic mass is 10.1. The second-order valence-corrected chi connectivity index (χ2v) is 7.68. The molecule has 2 fully saturated rings. The van der Waals surface area contributed by atoms with Crippen LogP contribution in [0.1, 0.15) is 5.56 Å². The van der Waals surface area contributed by atoms with Gasteiger partial charge in [0, 0.05) is 44.8 Å². The number of hydrogen-bond donors (Lipinski definition) is 1. The van der Waals surface area contributed by atoms with Crippen molar-refractivity contribution in [3.05, 3.63) is 34.9 Å². The van der Waals surface area contributed by atoms with E-state index in [-0.39, 0.29) is 5.91 Å². The molecule has 1 N–H and O–H groups in total. The fourth-order valence-electron chi connectivity index (χ4n) is 3.78. The Labute approximate surface area is 163 Å². The number of aliphatic imine (C=N–C) groups is 1. The molecule has 144 valence electrons. The summed E-state index contributed by atoms with van der Waals surface area (Å²) < 4.78 is 0. The SMILES string of the molecule is CN1CCN(C2=NC3C(C(=O)NC(=O)N3C)N2Cc2cccc(Cl)c2)CC1. The number of benzene rings is 1. The number of imide groups is 1. The normalized spacial score (nSPS) is 26.2. The molecule has 0 spiro atoms. The van der Waals surface area contributed by atoms with Crippen molar-refractivity contribution in [1.82, 2.24) is 24.9 Å². The molecule has 9 heteroatoms. The molecule has 2 unspecified atom stereocenters. The Balaban J connectivity index is 1.66. The summed E-state index contributed by atoms with van der Waals surface area (Å²) in [6.45, 7) is 4.03. The summed E-state index contributed by atoms with van der Waals surface area (Å²) in [5.41, 5.74) is 0.998. The maximum absolute atomic E-state index is 12.7. The van der Waals surface area contributed by atoms with Crippen molar-refractivity contribution in [3.63, 3.8) is 0 Å². The van der Waals surface area contributed by atoms with Crippen LogP contribution in [0.25, 0.3) is 0 Å². The monoisotopic (exact) mass is 390 g/mol. The zero-order valence-corrected chi connectivity index (χ0v) is 16.2. The molecule has 3 amide bonds. The lowest BCUT2D eigenvalue weighted by Gasteiger charge is -2.39. The van der Waals surface area contributed by atoms with Gasteiger partial charge in [-0.25, -0.2) is 9.79 Å². The molecule has 0 aliphatic carbocycles. The second-order valence-electron chi connectivity index (χ2n) is 7.24. The first-order chi connectivity index (χ1) is 12.9. The third kappa shape index (κ3) is 3.35. The Morgan fingerprint density at radius 3 is 2.63 bits per heavy atom. The van der Waals surface area contributed by atoms with Crippen LogP contribution in [0.3, 0.4) is 0 Å². The molecular formula is C18H23ClN6O2. The number of rotatable bonds is 2. The largest absolute Gasteiger partial charge is 0.340 e. The van der Waals surface area contributed by atoms with E-state index in [1.54, 1.807) is 7.05 Å². The van der Waals surface area contributed by atoms with Crippen LogP contribution in [0.15, 0.2) is 29.3 Å². The maximum Gasteiger partial charge on any atom is 0.325 e. The van der Waals surface area contributed by atoms with E-state index in [0.29, 0.717) is 11.6 Å². The van der Waals surface area contributed by atoms with Gasteiger partial charge >= 0.3 is 6.03 Å². The molecule has 3 aliphatic rings. The van der Waals surface area contributed by atoms with Gasteiger partial charge in [0.15, 0.2) is 18.2 Å². The average Bonchev–Trinajstić information content (AvgIpc) is 3.00. The molecule has 3 heterocycles. The highest BCUT2D eigenvalue weighted by atomic mass is 35.5. The zero-order valence-electron chi connectivity index (χ0n) is 15.4. The predicted octanol–water partition coefficient (Wildman–Crippen LogP) is 0.635. The van der Waals surface area contributed by atoms with Crippen LogP contribution in [0.2, 0.25) is 5.02 Å².